The number of amides is 1. The number of hydrogen-bond donors (Lipinski definition) is 0. The van der Waals surface area contributed by atoms with E-state index in [2.05, 4.69) is 48.5 Å². The van der Waals surface area contributed by atoms with Gasteiger partial charge in [-0.1, -0.05) is 60.7 Å². The van der Waals surface area contributed by atoms with Crippen molar-refractivity contribution < 1.29 is 19.4 Å². The van der Waals surface area contributed by atoms with Gasteiger partial charge in [-0.2, -0.15) is 0 Å². The minimum atomic E-state index is -1.31. The van der Waals surface area contributed by atoms with Gasteiger partial charge in [0, 0.05) is 19.0 Å². The molecule has 0 aliphatic carbocycles. The first-order valence-corrected chi connectivity index (χ1v) is 9.30. The summed E-state index contributed by atoms with van der Waals surface area (Å²) in [7, 11) is 0. The normalized spacial score (nSPS) is 15.1. The molecule has 5 nitrogen and oxygen atoms in total. The SMILES string of the molecule is O=C([O-])COCC(=O)N1CCC(C(c2ccccc2)c2ccccc2)CC1. The Morgan fingerprint density at radius 3 is 1.93 bits per heavy atom. The molecule has 0 unspecified atom stereocenters. The molecule has 1 fully saturated rings. The van der Waals surface area contributed by atoms with Gasteiger partial charge in [0.2, 0.25) is 5.91 Å². The maximum Gasteiger partial charge on any atom is 0.248 e. The number of aliphatic carboxylic acids is 1. The van der Waals surface area contributed by atoms with E-state index in [1.807, 2.05) is 12.1 Å². The number of carbonyl (C=O) groups excluding carboxylic acids is 2. The standard InChI is InChI=1S/C22H25NO4/c24-20(15-27-16-21(25)26)23-13-11-19(12-14-23)22(17-7-3-1-4-8-17)18-9-5-2-6-10-18/h1-10,19,22H,11-16H2,(H,25,26)/p-1. The van der Waals surface area contributed by atoms with Crippen LogP contribution in [0.3, 0.4) is 0 Å². The number of carbonyl (C=O) groups is 2. The van der Waals surface area contributed by atoms with Crippen LogP contribution in [-0.4, -0.2) is 43.1 Å². The van der Waals surface area contributed by atoms with Crippen LogP contribution in [0, 0.1) is 5.92 Å². The second-order valence-electron chi connectivity index (χ2n) is 6.88. The number of rotatable bonds is 7. The average Bonchev–Trinajstić information content (AvgIpc) is 2.70. The Morgan fingerprint density at radius 1 is 0.926 bits per heavy atom. The summed E-state index contributed by atoms with van der Waals surface area (Å²) in [6, 6.07) is 21.0. The topological polar surface area (TPSA) is 69.7 Å². The van der Waals surface area contributed by atoms with Gasteiger partial charge in [0.05, 0.1) is 12.6 Å². The summed E-state index contributed by atoms with van der Waals surface area (Å²) in [6.07, 6.45) is 1.81. The van der Waals surface area contributed by atoms with Crippen LogP contribution >= 0.6 is 0 Å². The maximum absolute atomic E-state index is 12.2. The number of carboxylic acids is 1. The molecule has 3 rings (SSSR count). The Hall–Kier alpha value is -2.66. The van der Waals surface area contributed by atoms with Gasteiger partial charge in [0.1, 0.15) is 6.61 Å². The Bertz CT molecular complexity index is 700. The van der Waals surface area contributed by atoms with Crippen molar-refractivity contribution in [2.24, 2.45) is 5.92 Å². The summed E-state index contributed by atoms with van der Waals surface area (Å²) in [4.78, 5) is 24.3. The van der Waals surface area contributed by atoms with E-state index in [9.17, 15) is 14.7 Å². The molecule has 1 heterocycles. The van der Waals surface area contributed by atoms with Crippen LogP contribution in [0.5, 0.6) is 0 Å². The predicted molar refractivity (Wildman–Crippen MR) is 99.9 cm³/mol. The lowest BCUT2D eigenvalue weighted by molar-refractivity contribution is -0.309. The molecule has 1 aliphatic heterocycles. The molecule has 5 heteroatoms. The van der Waals surface area contributed by atoms with Gasteiger partial charge in [-0.3, -0.25) is 4.79 Å². The zero-order valence-electron chi connectivity index (χ0n) is 15.3. The fraction of sp³-hybridized carbons (Fsp3) is 0.364. The number of piperidine rings is 1. The van der Waals surface area contributed by atoms with Crippen molar-refractivity contribution in [3.8, 4) is 0 Å². The molecule has 1 saturated heterocycles. The van der Waals surface area contributed by atoms with Crippen molar-refractivity contribution >= 4 is 11.9 Å². The molecule has 0 spiro atoms. The lowest BCUT2D eigenvalue weighted by Crippen LogP contribution is -2.42. The Morgan fingerprint density at radius 2 is 1.44 bits per heavy atom. The summed E-state index contributed by atoms with van der Waals surface area (Å²) in [6.45, 7) is 0.564. The van der Waals surface area contributed by atoms with E-state index in [0.29, 0.717) is 24.9 Å². The van der Waals surface area contributed by atoms with E-state index in [-0.39, 0.29) is 12.5 Å². The van der Waals surface area contributed by atoms with Crippen molar-refractivity contribution in [3.05, 3.63) is 71.8 Å². The molecule has 0 atom stereocenters. The smallest absolute Gasteiger partial charge is 0.248 e. The molecule has 27 heavy (non-hydrogen) atoms. The summed E-state index contributed by atoms with van der Waals surface area (Å²) >= 11 is 0. The van der Waals surface area contributed by atoms with Crippen molar-refractivity contribution in [3.63, 3.8) is 0 Å². The molecule has 0 N–H and O–H groups in total. The van der Waals surface area contributed by atoms with E-state index in [4.69, 9.17) is 4.74 Å². The van der Waals surface area contributed by atoms with E-state index >= 15 is 0 Å². The van der Waals surface area contributed by atoms with E-state index in [0.717, 1.165) is 12.8 Å². The zero-order chi connectivity index (χ0) is 19.1. The second-order valence-corrected chi connectivity index (χ2v) is 6.88. The highest BCUT2D eigenvalue weighted by atomic mass is 16.5. The fourth-order valence-corrected chi connectivity index (χ4v) is 3.85. The van der Waals surface area contributed by atoms with Gasteiger partial charge in [-0.15, -0.1) is 0 Å². The number of likely N-dealkylation sites (tertiary alicyclic amines) is 1. The predicted octanol–water partition coefficient (Wildman–Crippen LogP) is 1.82. The van der Waals surface area contributed by atoms with Crippen molar-refractivity contribution in [2.45, 2.75) is 18.8 Å². The van der Waals surface area contributed by atoms with Crippen LogP contribution in [0.1, 0.15) is 29.9 Å². The van der Waals surface area contributed by atoms with Crippen LogP contribution in [0.25, 0.3) is 0 Å². The van der Waals surface area contributed by atoms with E-state index in [1.54, 1.807) is 4.90 Å². The molecular weight excluding hydrogens is 342 g/mol. The number of benzene rings is 2. The monoisotopic (exact) mass is 366 g/mol. The number of nitrogens with zero attached hydrogens (tertiary/aromatic N) is 1. The minimum absolute atomic E-state index is 0.161. The largest absolute Gasteiger partial charge is 0.548 e. The number of ether oxygens (including phenoxy) is 1. The van der Waals surface area contributed by atoms with Crippen LogP contribution in [-0.2, 0) is 14.3 Å². The van der Waals surface area contributed by atoms with Gasteiger partial charge in [-0.25, -0.2) is 0 Å². The van der Waals surface area contributed by atoms with Gasteiger partial charge in [0.15, 0.2) is 0 Å². The van der Waals surface area contributed by atoms with Gasteiger partial charge < -0.3 is 19.5 Å². The van der Waals surface area contributed by atoms with Gasteiger partial charge in [0.25, 0.3) is 0 Å². The quantitative estimate of drug-likeness (QED) is 0.750. The highest BCUT2D eigenvalue weighted by Crippen LogP contribution is 2.37. The first kappa shape index (κ1) is 19.1. The van der Waals surface area contributed by atoms with Gasteiger partial charge >= 0.3 is 0 Å². The average molecular weight is 366 g/mol. The molecule has 1 aliphatic rings. The molecule has 2 aromatic carbocycles. The molecule has 142 valence electrons. The van der Waals surface area contributed by atoms with E-state index < -0.39 is 12.6 Å². The number of hydrogen-bond acceptors (Lipinski definition) is 4. The lowest BCUT2D eigenvalue weighted by Gasteiger charge is -2.36. The molecule has 0 bridgehead atoms. The maximum atomic E-state index is 12.2. The second kappa shape index (κ2) is 9.33. The molecule has 0 aromatic heterocycles. The van der Waals surface area contributed by atoms with Crippen LogP contribution in [0.2, 0.25) is 0 Å². The molecular formula is C22H24NO4-. The van der Waals surface area contributed by atoms with Crippen LogP contribution in [0.15, 0.2) is 60.7 Å². The molecule has 0 saturated carbocycles. The summed E-state index contributed by atoms with van der Waals surface area (Å²) in [5.41, 5.74) is 2.59. The van der Waals surface area contributed by atoms with Crippen LogP contribution in [0.4, 0.5) is 0 Å². The third kappa shape index (κ3) is 5.17. The molecule has 2 aromatic rings. The van der Waals surface area contributed by atoms with Crippen molar-refractivity contribution in [1.29, 1.82) is 0 Å². The third-order valence-electron chi connectivity index (χ3n) is 5.13. The number of carboxylic acid groups (broad SMARTS) is 1. The first-order chi connectivity index (χ1) is 13.1. The Labute approximate surface area is 159 Å². The zero-order valence-corrected chi connectivity index (χ0v) is 15.3. The fourth-order valence-electron chi connectivity index (χ4n) is 3.85. The van der Waals surface area contributed by atoms with Crippen molar-refractivity contribution in [2.75, 3.05) is 26.3 Å². The third-order valence-corrected chi connectivity index (χ3v) is 5.13. The Balaban J connectivity index is 1.65. The van der Waals surface area contributed by atoms with E-state index in [1.165, 1.54) is 11.1 Å². The van der Waals surface area contributed by atoms with Crippen LogP contribution < -0.4 is 5.11 Å². The highest BCUT2D eigenvalue weighted by Gasteiger charge is 2.30. The van der Waals surface area contributed by atoms with Crippen molar-refractivity contribution in [1.82, 2.24) is 4.90 Å². The van der Waals surface area contributed by atoms with Gasteiger partial charge in [-0.05, 0) is 29.9 Å². The molecule has 0 radical (unpaired) electrons. The Kier molecular flexibility index (Phi) is 6.60. The lowest BCUT2D eigenvalue weighted by atomic mass is 9.76. The first-order valence-electron chi connectivity index (χ1n) is 9.30. The summed E-state index contributed by atoms with van der Waals surface area (Å²) in [5.74, 6) is -0.720. The summed E-state index contributed by atoms with van der Waals surface area (Å²) in [5, 5.41) is 10.4. The molecule has 1 amide bonds. The minimum Gasteiger partial charge on any atom is -0.548 e. The summed E-state index contributed by atoms with van der Waals surface area (Å²) < 4.78 is 4.87. The highest BCUT2D eigenvalue weighted by molar-refractivity contribution is 5.78.